The Balaban J connectivity index is 1.59. The third-order valence-corrected chi connectivity index (χ3v) is 7.70. The van der Waals surface area contributed by atoms with Gasteiger partial charge >= 0.3 is 0 Å². The minimum atomic E-state index is -0.225. The third kappa shape index (κ3) is 5.17. The summed E-state index contributed by atoms with van der Waals surface area (Å²) in [5, 5.41) is 9.76. The van der Waals surface area contributed by atoms with Crippen molar-refractivity contribution in [2.45, 2.75) is 58.9 Å². The van der Waals surface area contributed by atoms with Gasteiger partial charge in [-0.2, -0.15) is 5.26 Å². The van der Waals surface area contributed by atoms with Crippen LogP contribution in [-0.4, -0.2) is 46.3 Å². The number of rotatable bonds is 8. The number of carbonyl (C=O) groups is 2. The molecule has 0 aliphatic carbocycles. The van der Waals surface area contributed by atoms with Gasteiger partial charge in [-0.25, -0.2) is 0 Å². The number of benzene rings is 1. The standard InChI is InChI=1S/C29H34N4O4/c1-18-17-26(37-4)23(29(36)31-18)9-10-25(34)28-20(3)33(24-8-6-5-7-22(24)28)19(2)21-12-15-32(16-13-21)27(35)11-14-30/h5-8,17,19,21H,9-13,15-16H2,1-4H3,(H,31,36)/t19-/m1/s1. The molecule has 1 fully saturated rings. The van der Waals surface area contributed by atoms with E-state index in [9.17, 15) is 14.4 Å². The molecule has 1 aromatic carbocycles. The highest BCUT2D eigenvalue weighted by Crippen LogP contribution is 2.36. The zero-order chi connectivity index (χ0) is 26.7. The minimum absolute atomic E-state index is 0.00130. The molecular formula is C29H34N4O4. The largest absolute Gasteiger partial charge is 0.496 e. The smallest absolute Gasteiger partial charge is 0.255 e. The Bertz CT molecular complexity index is 1420. The van der Waals surface area contributed by atoms with Crippen LogP contribution in [0.1, 0.15) is 66.0 Å². The highest BCUT2D eigenvalue weighted by molar-refractivity contribution is 6.09. The Labute approximate surface area is 216 Å². The average Bonchev–Trinajstić information content (AvgIpc) is 3.19. The summed E-state index contributed by atoms with van der Waals surface area (Å²) < 4.78 is 7.66. The normalized spacial score (nSPS) is 14.9. The predicted molar refractivity (Wildman–Crippen MR) is 142 cm³/mol. The molecule has 0 unspecified atom stereocenters. The highest BCUT2D eigenvalue weighted by atomic mass is 16.5. The molecule has 194 valence electrons. The number of carbonyl (C=O) groups excluding carboxylic acids is 2. The number of aryl methyl sites for hydroxylation is 1. The van der Waals surface area contributed by atoms with Gasteiger partial charge in [0, 0.05) is 53.4 Å². The molecule has 1 N–H and O–H groups in total. The van der Waals surface area contributed by atoms with E-state index in [1.165, 1.54) is 7.11 Å². The van der Waals surface area contributed by atoms with Crippen LogP contribution in [0.15, 0.2) is 35.1 Å². The molecule has 8 nitrogen and oxygen atoms in total. The molecule has 0 radical (unpaired) electrons. The van der Waals surface area contributed by atoms with Crippen molar-refractivity contribution in [1.29, 1.82) is 5.26 Å². The number of hydrogen-bond acceptors (Lipinski definition) is 5. The molecule has 1 amide bonds. The van der Waals surface area contributed by atoms with Crippen molar-refractivity contribution in [3.63, 3.8) is 0 Å². The number of hydrogen-bond donors (Lipinski definition) is 1. The first-order valence-electron chi connectivity index (χ1n) is 12.8. The van der Waals surface area contributed by atoms with E-state index in [1.54, 1.807) is 17.9 Å². The van der Waals surface area contributed by atoms with Crippen LogP contribution >= 0.6 is 0 Å². The molecule has 1 aliphatic rings. The van der Waals surface area contributed by atoms with E-state index < -0.39 is 0 Å². The van der Waals surface area contributed by atoms with Crippen LogP contribution in [0.2, 0.25) is 0 Å². The van der Waals surface area contributed by atoms with E-state index >= 15 is 0 Å². The number of ether oxygens (including phenoxy) is 1. The summed E-state index contributed by atoms with van der Waals surface area (Å²) >= 11 is 0. The first kappa shape index (κ1) is 26.2. The number of likely N-dealkylation sites (tertiary alicyclic amines) is 1. The van der Waals surface area contributed by atoms with Gasteiger partial charge in [0.1, 0.15) is 12.2 Å². The molecule has 37 heavy (non-hydrogen) atoms. The topological polar surface area (TPSA) is 108 Å². The zero-order valence-corrected chi connectivity index (χ0v) is 22.0. The number of aromatic nitrogens is 2. The first-order chi connectivity index (χ1) is 17.8. The Morgan fingerprint density at radius 3 is 2.59 bits per heavy atom. The fraction of sp³-hybridized carbons (Fsp3) is 0.448. The van der Waals surface area contributed by atoms with Gasteiger partial charge in [0.05, 0.1) is 18.7 Å². The summed E-state index contributed by atoms with van der Waals surface area (Å²) in [6.07, 6.45) is 2.12. The number of Topliss-reactive ketones (excluding diaryl/α,β-unsaturated/α-hetero) is 1. The molecule has 8 heteroatoms. The zero-order valence-electron chi connectivity index (χ0n) is 22.0. The maximum atomic E-state index is 13.6. The van der Waals surface area contributed by atoms with Crippen molar-refractivity contribution in [3.8, 4) is 11.8 Å². The Morgan fingerprint density at radius 2 is 1.92 bits per heavy atom. The maximum Gasteiger partial charge on any atom is 0.255 e. The SMILES string of the molecule is COc1cc(C)[nH]c(=O)c1CCC(=O)c1c(C)n([C@H](C)C2CCN(C(=O)CC#N)CC2)c2ccccc12. The molecule has 2 aromatic heterocycles. The fourth-order valence-corrected chi connectivity index (χ4v) is 5.76. The number of nitrogens with zero attached hydrogens (tertiary/aromatic N) is 3. The summed E-state index contributed by atoms with van der Waals surface area (Å²) in [7, 11) is 1.53. The number of H-pyrrole nitrogens is 1. The van der Waals surface area contributed by atoms with Crippen molar-refractivity contribution in [3.05, 3.63) is 63.2 Å². The van der Waals surface area contributed by atoms with Gasteiger partial charge < -0.3 is 19.2 Å². The number of pyridine rings is 1. The van der Waals surface area contributed by atoms with E-state index in [0.29, 0.717) is 48.0 Å². The van der Waals surface area contributed by atoms with Gasteiger partial charge in [-0.3, -0.25) is 14.4 Å². The van der Waals surface area contributed by atoms with Crippen LogP contribution in [0.3, 0.4) is 0 Å². The van der Waals surface area contributed by atoms with Crippen LogP contribution in [0.5, 0.6) is 5.75 Å². The van der Waals surface area contributed by atoms with Crippen LogP contribution in [0.25, 0.3) is 10.9 Å². The van der Waals surface area contributed by atoms with Gasteiger partial charge in [0.2, 0.25) is 5.91 Å². The van der Waals surface area contributed by atoms with E-state index in [2.05, 4.69) is 22.5 Å². The number of nitrogens with one attached hydrogen (secondary N) is 1. The third-order valence-electron chi connectivity index (χ3n) is 7.70. The van der Waals surface area contributed by atoms with Gasteiger partial charge in [0.15, 0.2) is 5.78 Å². The Morgan fingerprint density at radius 1 is 1.22 bits per heavy atom. The molecular weight excluding hydrogens is 468 g/mol. The maximum absolute atomic E-state index is 13.6. The Hall–Kier alpha value is -3.86. The van der Waals surface area contributed by atoms with Gasteiger partial charge in [-0.1, -0.05) is 18.2 Å². The lowest BCUT2D eigenvalue weighted by molar-refractivity contribution is -0.131. The lowest BCUT2D eigenvalue weighted by atomic mass is 9.89. The molecule has 1 atom stereocenters. The number of methoxy groups -OCH3 is 1. The van der Waals surface area contributed by atoms with Crippen molar-refractivity contribution in [2.75, 3.05) is 20.2 Å². The molecule has 4 rings (SSSR count). The van der Waals surface area contributed by atoms with Crippen molar-refractivity contribution < 1.29 is 14.3 Å². The minimum Gasteiger partial charge on any atom is -0.496 e. The van der Waals surface area contributed by atoms with E-state index in [0.717, 1.165) is 29.4 Å². The molecule has 3 heterocycles. The quantitative estimate of drug-likeness (QED) is 0.457. The van der Waals surface area contributed by atoms with E-state index in [-0.39, 0.29) is 36.1 Å². The molecule has 1 aliphatic heterocycles. The lowest BCUT2D eigenvalue weighted by Crippen LogP contribution is -2.40. The van der Waals surface area contributed by atoms with Crippen LogP contribution in [-0.2, 0) is 11.2 Å². The van der Waals surface area contributed by atoms with Crippen LogP contribution in [0, 0.1) is 31.1 Å². The van der Waals surface area contributed by atoms with Gasteiger partial charge in [-0.15, -0.1) is 0 Å². The second kappa shape index (κ2) is 11.0. The summed E-state index contributed by atoms with van der Waals surface area (Å²) in [5.41, 5.74) is 3.61. The van der Waals surface area contributed by atoms with Crippen LogP contribution < -0.4 is 10.3 Å². The number of nitriles is 1. The molecule has 0 spiro atoms. The van der Waals surface area contributed by atoms with Crippen molar-refractivity contribution in [2.24, 2.45) is 5.92 Å². The summed E-state index contributed by atoms with van der Waals surface area (Å²) in [6.45, 7) is 7.27. The molecule has 0 saturated carbocycles. The molecule has 0 bridgehead atoms. The Kier molecular flexibility index (Phi) is 7.82. The van der Waals surface area contributed by atoms with Gasteiger partial charge in [0.25, 0.3) is 5.56 Å². The monoisotopic (exact) mass is 502 g/mol. The second-order valence-electron chi connectivity index (χ2n) is 9.89. The molecule has 3 aromatic rings. The van der Waals surface area contributed by atoms with E-state index in [1.807, 2.05) is 31.2 Å². The fourth-order valence-electron chi connectivity index (χ4n) is 5.76. The van der Waals surface area contributed by atoms with Crippen molar-refractivity contribution >= 4 is 22.6 Å². The first-order valence-corrected chi connectivity index (χ1v) is 12.8. The van der Waals surface area contributed by atoms with E-state index in [4.69, 9.17) is 10.00 Å². The summed E-state index contributed by atoms with van der Waals surface area (Å²) in [5.74, 6) is 0.743. The number of aromatic amines is 1. The van der Waals surface area contributed by atoms with Crippen molar-refractivity contribution in [1.82, 2.24) is 14.5 Å². The van der Waals surface area contributed by atoms with Crippen LogP contribution in [0.4, 0.5) is 0 Å². The number of fused-ring (bicyclic) bond motifs is 1. The highest BCUT2D eigenvalue weighted by Gasteiger charge is 2.30. The average molecular weight is 503 g/mol. The second-order valence-corrected chi connectivity index (χ2v) is 9.89. The number of para-hydroxylation sites is 1. The predicted octanol–water partition coefficient (Wildman–Crippen LogP) is 4.48. The number of piperidine rings is 1. The lowest BCUT2D eigenvalue weighted by Gasteiger charge is -2.36. The molecule has 1 saturated heterocycles. The summed E-state index contributed by atoms with van der Waals surface area (Å²) in [4.78, 5) is 42.8. The number of amides is 1. The summed E-state index contributed by atoms with van der Waals surface area (Å²) in [6, 6.07) is 11.8. The van der Waals surface area contributed by atoms with Gasteiger partial charge in [-0.05, 0) is 58.1 Å². The number of ketones is 1.